The van der Waals surface area contributed by atoms with E-state index in [1.807, 2.05) is 25.5 Å². The number of aryl methyl sites for hydroxylation is 1. The Hall–Kier alpha value is -2.50. The van der Waals surface area contributed by atoms with E-state index >= 15 is 0 Å². The van der Waals surface area contributed by atoms with Gasteiger partial charge in [-0.3, -0.25) is 4.68 Å². The van der Waals surface area contributed by atoms with Crippen molar-refractivity contribution in [2.75, 3.05) is 24.2 Å². The zero-order valence-corrected chi connectivity index (χ0v) is 12.3. The second-order valence-corrected chi connectivity index (χ2v) is 4.72. The van der Waals surface area contributed by atoms with Crippen molar-refractivity contribution in [1.82, 2.24) is 9.78 Å². The van der Waals surface area contributed by atoms with Gasteiger partial charge in [-0.1, -0.05) is 0 Å². The monoisotopic (exact) mass is 288 g/mol. The van der Waals surface area contributed by atoms with Crippen LogP contribution in [-0.2, 0) is 18.2 Å². The van der Waals surface area contributed by atoms with Crippen LogP contribution in [0, 0.1) is 0 Å². The third-order valence-corrected chi connectivity index (χ3v) is 3.05. The van der Waals surface area contributed by atoms with Gasteiger partial charge in [0, 0.05) is 31.2 Å². The van der Waals surface area contributed by atoms with Crippen molar-refractivity contribution in [3.8, 4) is 0 Å². The molecule has 0 bridgehead atoms. The van der Waals surface area contributed by atoms with Crippen LogP contribution in [-0.4, -0.2) is 28.9 Å². The van der Waals surface area contributed by atoms with Crippen molar-refractivity contribution in [1.29, 1.82) is 0 Å². The van der Waals surface area contributed by atoms with Crippen LogP contribution in [0.5, 0.6) is 0 Å². The largest absolute Gasteiger partial charge is 0.462 e. The first kappa shape index (κ1) is 14.9. The van der Waals surface area contributed by atoms with Crippen molar-refractivity contribution >= 4 is 17.3 Å². The van der Waals surface area contributed by atoms with Crippen LogP contribution in [0.3, 0.4) is 0 Å². The number of nitrogens with one attached hydrogen (secondary N) is 1. The lowest BCUT2D eigenvalue weighted by molar-refractivity contribution is 0.0527. The maximum absolute atomic E-state index is 11.8. The van der Waals surface area contributed by atoms with Crippen molar-refractivity contribution in [3.63, 3.8) is 0 Å². The minimum Gasteiger partial charge on any atom is -0.462 e. The molecule has 0 saturated carbocycles. The van der Waals surface area contributed by atoms with Gasteiger partial charge in [0.15, 0.2) is 0 Å². The Bertz CT molecular complexity index is 622. The van der Waals surface area contributed by atoms with E-state index in [0.29, 0.717) is 17.9 Å². The molecule has 2 aromatic rings. The molecule has 2 rings (SSSR count). The minimum atomic E-state index is -0.397. The molecule has 0 unspecified atom stereocenters. The molecule has 0 fully saturated rings. The van der Waals surface area contributed by atoms with Gasteiger partial charge < -0.3 is 15.8 Å². The summed E-state index contributed by atoms with van der Waals surface area (Å²) in [5.41, 5.74) is 8.62. The summed E-state index contributed by atoms with van der Waals surface area (Å²) in [6.07, 6.45) is 4.68. The van der Waals surface area contributed by atoms with Gasteiger partial charge in [-0.25, -0.2) is 4.79 Å². The molecule has 0 aliphatic heterocycles. The van der Waals surface area contributed by atoms with Crippen molar-refractivity contribution in [2.45, 2.75) is 13.3 Å². The molecule has 1 heterocycles. The van der Waals surface area contributed by atoms with Crippen molar-refractivity contribution in [3.05, 3.63) is 41.7 Å². The Morgan fingerprint density at radius 1 is 1.48 bits per heavy atom. The van der Waals surface area contributed by atoms with Crippen LogP contribution in [0.15, 0.2) is 30.6 Å². The first-order chi connectivity index (χ1) is 10.1. The number of nitrogens with two attached hydrogens (primary N) is 1. The molecule has 0 radical (unpaired) electrons. The molecule has 6 nitrogen and oxygen atoms in total. The summed E-state index contributed by atoms with van der Waals surface area (Å²) >= 11 is 0. The first-order valence-corrected chi connectivity index (χ1v) is 6.88. The predicted molar refractivity (Wildman–Crippen MR) is 82.2 cm³/mol. The number of nitrogens with zero attached hydrogens (tertiary/aromatic N) is 2. The van der Waals surface area contributed by atoms with Gasteiger partial charge in [0.1, 0.15) is 0 Å². The lowest BCUT2D eigenvalue weighted by atomic mass is 10.1. The highest BCUT2D eigenvalue weighted by atomic mass is 16.5. The number of aromatic nitrogens is 2. The molecule has 0 spiro atoms. The van der Waals surface area contributed by atoms with Crippen LogP contribution in [0.25, 0.3) is 0 Å². The van der Waals surface area contributed by atoms with Crippen LogP contribution < -0.4 is 11.1 Å². The Kier molecular flexibility index (Phi) is 4.81. The van der Waals surface area contributed by atoms with Gasteiger partial charge in [0.25, 0.3) is 0 Å². The number of carbonyl (C=O) groups excluding carboxylic acids is 1. The normalized spacial score (nSPS) is 10.4. The Morgan fingerprint density at radius 3 is 2.95 bits per heavy atom. The number of esters is 1. The SMILES string of the molecule is CCOC(=O)c1cc(NCCc2cnn(C)c2)ccc1N. The molecule has 0 aliphatic carbocycles. The second kappa shape index (κ2) is 6.78. The van der Waals surface area contributed by atoms with E-state index < -0.39 is 5.97 Å². The second-order valence-electron chi connectivity index (χ2n) is 4.72. The van der Waals surface area contributed by atoms with Gasteiger partial charge in [-0.05, 0) is 37.1 Å². The minimum absolute atomic E-state index is 0.330. The fourth-order valence-electron chi connectivity index (χ4n) is 2.00. The summed E-state index contributed by atoms with van der Waals surface area (Å²) in [5.74, 6) is -0.397. The molecular weight excluding hydrogens is 268 g/mol. The molecular formula is C15H20N4O2. The molecule has 0 atom stereocenters. The summed E-state index contributed by atoms with van der Waals surface area (Å²) in [5, 5.41) is 7.39. The van der Waals surface area contributed by atoms with Crippen LogP contribution >= 0.6 is 0 Å². The molecule has 3 N–H and O–H groups in total. The smallest absolute Gasteiger partial charge is 0.340 e. The molecule has 0 aliphatic rings. The Labute approximate surface area is 123 Å². The van der Waals surface area contributed by atoms with E-state index in [4.69, 9.17) is 10.5 Å². The maximum Gasteiger partial charge on any atom is 0.340 e. The van der Waals surface area contributed by atoms with E-state index in [1.165, 1.54) is 0 Å². The maximum atomic E-state index is 11.8. The summed E-state index contributed by atoms with van der Waals surface area (Å²) in [6.45, 7) is 2.85. The van der Waals surface area contributed by atoms with E-state index in [1.54, 1.807) is 23.7 Å². The van der Waals surface area contributed by atoms with E-state index in [9.17, 15) is 4.79 Å². The molecule has 0 saturated heterocycles. The lowest BCUT2D eigenvalue weighted by Gasteiger charge is -2.10. The summed E-state index contributed by atoms with van der Waals surface area (Å²) < 4.78 is 6.76. The fraction of sp³-hybridized carbons (Fsp3) is 0.333. The summed E-state index contributed by atoms with van der Waals surface area (Å²) in [6, 6.07) is 5.27. The van der Waals surface area contributed by atoms with Crippen molar-refractivity contribution in [2.24, 2.45) is 7.05 Å². The summed E-state index contributed by atoms with van der Waals surface area (Å²) in [4.78, 5) is 11.8. The van der Waals surface area contributed by atoms with Gasteiger partial charge in [-0.15, -0.1) is 0 Å². The number of benzene rings is 1. The number of nitrogen functional groups attached to an aromatic ring is 1. The first-order valence-electron chi connectivity index (χ1n) is 6.88. The molecule has 1 aromatic heterocycles. The number of carbonyl (C=O) groups is 1. The number of rotatable bonds is 6. The number of hydrogen-bond acceptors (Lipinski definition) is 5. The molecule has 21 heavy (non-hydrogen) atoms. The Morgan fingerprint density at radius 2 is 2.29 bits per heavy atom. The predicted octanol–water partition coefficient (Wildman–Crippen LogP) is 1.83. The topological polar surface area (TPSA) is 82.2 Å². The molecule has 112 valence electrons. The fourth-order valence-corrected chi connectivity index (χ4v) is 2.00. The third kappa shape index (κ3) is 3.98. The van der Waals surface area contributed by atoms with Crippen LogP contribution in [0.1, 0.15) is 22.8 Å². The zero-order valence-electron chi connectivity index (χ0n) is 12.3. The van der Waals surface area contributed by atoms with Crippen molar-refractivity contribution < 1.29 is 9.53 Å². The number of anilines is 2. The van der Waals surface area contributed by atoms with Gasteiger partial charge in [0.2, 0.25) is 0 Å². The average molecular weight is 288 g/mol. The number of ether oxygens (including phenoxy) is 1. The third-order valence-electron chi connectivity index (χ3n) is 3.05. The van der Waals surface area contributed by atoms with E-state index in [2.05, 4.69) is 10.4 Å². The lowest BCUT2D eigenvalue weighted by Crippen LogP contribution is -2.10. The zero-order chi connectivity index (χ0) is 15.2. The van der Waals surface area contributed by atoms with Crippen LogP contribution in [0.2, 0.25) is 0 Å². The quantitative estimate of drug-likeness (QED) is 0.626. The highest BCUT2D eigenvalue weighted by Gasteiger charge is 2.11. The van der Waals surface area contributed by atoms with Crippen LogP contribution in [0.4, 0.5) is 11.4 Å². The molecule has 0 amide bonds. The average Bonchev–Trinajstić information content (AvgIpc) is 2.86. The summed E-state index contributed by atoms with van der Waals surface area (Å²) in [7, 11) is 1.89. The van der Waals surface area contributed by atoms with E-state index in [-0.39, 0.29) is 0 Å². The molecule has 6 heteroatoms. The molecule has 1 aromatic carbocycles. The standard InChI is InChI=1S/C15H20N4O2/c1-3-21-15(20)13-8-12(4-5-14(13)16)17-7-6-11-9-18-19(2)10-11/h4-5,8-10,17H,3,6-7,16H2,1-2H3. The highest BCUT2D eigenvalue weighted by Crippen LogP contribution is 2.19. The van der Waals surface area contributed by atoms with E-state index in [0.717, 1.165) is 24.2 Å². The van der Waals surface area contributed by atoms with Gasteiger partial charge in [0.05, 0.1) is 18.4 Å². The number of hydrogen-bond donors (Lipinski definition) is 2. The van der Waals surface area contributed by atoms with Gasteiger partial charge >= 0.3 is 5.97 Å². The Balaban J connectivity index is 1.97. The highest BCUT2D eigenvalue weighted by molar-refractivity contribution is 5.96. The van der Waals surface area contributed by atoms with Gasteiger partial charge in [-0.2, -0.15) is 5.10 Å².